The first-order valence-corrected chi connectivity index (χ1v) is 4.81. The number of benzene rings is 1. The zero-order chi connectivity index (χ0) is 8.27. The van der Waals surface area contributed by atoms with E-state index in [1.807, 2.05) is 18.4 Å². The number of halogens is 1. The van der Waals surface area contributed by atoms with Crippen LogP contribution in [0.15, 0.2) is 23.1 Å². The average molecular weight is 189 g/mol. The van der Waals surface area contributed by atoms with E-state index in [0.717, 1.165) is 10.5 Å². The van der Waals surface area contributed by atoms with Gasteiger partial charge in [-0.1, -0.05) is 17.7 Å². The van der Waals surface area contributed by atoms with Crippen molar-refractivity contribution in [1.82, 2.24) is 0 Å². The monoisotopic (exact) mass is 188 g/mol. The lowest BCUT2D eigenvalue weighted by Gasteiger charge is -2.01. The molecule has 0 heterocycles. The molecule has 0 aromatic heterocycles. The molecule has 0 aliphatic carbocycles. The predicted molar refractivity (Wildman–Crippen MR) is 49.2 cm³/mol. The SMILES string of the molecule is CSc1ccc(CO)cc1Cl. The van der Waals surface area contributed by atoms with Crippen molar-refractivity contribution in [3.8, 4) is 0 Å². The van der Waals surface area contributed by atoms with Gasteiger partial charge in [0.25, 0.3) is 0 Å². The van der Waals surface area contributed by atoms with Crippen molar-refractivity contribution < 1.29 is 5.11 Å². The van der Waals surface area contributed by atoms with Crippen LogP contribution in [0.4, 0.5) is 0 Å². The molecule has 11 heavy (non-hydrogen) atoms. The molecule has 0 saturated carbocycles. The van der Waals surface area contributed by atoms with Gasteiger partial charge in [0.1, 0.15) is 0 Å². The Bertz CT molecular complexity index is 250. The van der Waals surface area contributed by atoms with Crippen molar-refractivity contribution in [1.29, 1.82) is 0 Å². The van der Waals surface area contributed by atoms with E-state index in [4.69, 9.17) is 16.7 Å². The molecule has 60 valence electrons. The highest BCUT2D eigenvalue weighted by Crippen LogP contribution is 2.25. The van der Waals surface area contributed by atoms with Crippen molar-refractivity contribution in [2.75, 3.05) is 6.26 Å². The fourth-order valence-electron chi connectivity index (χ4n) is 0.808. The summed E-state index contributed by atoms with van der Waals surface area (Å²) in [6, 6.07) is 5.57. The first-order chi connectivity index (χ1) is 5.27. The van der Waals surface area contributed by atoms with Crippen LogP contribution in [0.3, 0.4) is 0 Å². The van der Waals surface area contributed by atoms with E-state index < -0.39 is 0 Å². The second kappa shape index (κ2) is 4.00. The van der Waals surface area contributed by atoms with Gasteiger partial charge in [0, 0.05) is 4.90 Å². The maximum absolute atomic E-state index is 8.76. The lowest BCUT2D eigenvalue weighted by molar-refractivity contribution is 0.282. The third-order valence-corrected chi connectivity index (χ3v) is 2.62. The van der Waals surface area contributed by atoms with Crippen molar-refractivity contribution in [2.24, 2.45) is 0 Å². The summed E-state index contributed by atoms with van der Waals surface area (Å²) in [5, 5.41) is 9.47. The van der Waals surface area contributed by atoms with Gasteiger partial charge in [-0.3, -0.25) is 0 Å². The van der Waals surface area contributed by atoms with E-state index in [9.17, 15) is 0 Å². The van der Waals surface area contributed by atoms with Crippen LogP contribution < -0.4 is 0 Å². The molecule has 0 bridgehead atoms. The molecule has 1 aromatic carbocycles. The number of aliphatic hydroxyl groups excluding tert-OH is 1. The molecule has 3 heteroatoms. The Balaban J connectivity index is 2.99. The van der Waals surface area contributed by atoms with E-state index in [1.54, 1.807) is 17.8 Å². The minimum Gasteiger partial charge on any atom is -0.392 e. The van der Waals surface area contributed by atoms with Gasteiger partial charge in [-0.05, 0) is 24.0 Å². The van der Waals surface area contributed by atoms with Gasteiger partial charge in [-0.25, -0.2) is 0 Å². The molecule has 1 N–H and O–H groups in total. The summed E-state index contributed by atoms with van der Waals surface area (Å²) < 4.78 is 0. The predicted octanol–water partition coefficient (Wildman–Crippen LogP) is 2.55. The standard InChI is InChI=1S/C8H9ClOS/c1-11-8-3-2-6(5-10)4-7(8)9/h2-4,10H,5H2,1H3. The highest BCUT2D eigenvalue weighted by Gasteiger charge is 1.98. The largest absolute Gasteiger partial charge is 0.392 e. The van der Waals surface area contributed by atoms with Gasteiger partial charge in [-0.15, -0.1) is 11.8 Å². The topological polar surface area (TPSA) is 20.2 Å². The zero-order valence-corrected chi connectivity index (χ0v) is 7.75. The van der Waals surface area contributed by atoms with Crippen LogP contribution in [0.1, 0.15) is 5.56 Å². The van der Waals surface area contributed by atoms with Crippen LogP contribution >= 0.6 is 23.4 Å². The van der Waals surface area contributed by atoms with Crippen LogP contribution in [0.2, 0.25) is 5.02 Å². The van der Waals surface area contributed by atoms with Crippen molar-refractivity contribution >= 4 is 23.4 Å². The molecule has 0 aliphatic rings. The molecule has 0 atom stereocenters. The summed E-state index contributed by atoms with van der Waals surface area (Å²) >= 11 is 7.48. The lowest BCUT2D eigenvalue weighted by atomic mass is 10.2. The second-order valence-electron chi connectivity index (χ2n) is 2.13. The molecule has 0 unspecified atom stereocenters. The lowest BCUT2D eigenvalue weighted by Crippen LogP contribution is -1.82. The second-order valence-corrected chi connectivity index (χ2v) is 3.38. The smallest absolute Gasteiger partial charge is 0.0682 e. The van der Waals surface area contributed by atoms with E-state index in [-0.39, 0.29) is 6.61 Å². The summed E-state index contributed by atoms with van der Waals surface area (Å²) in [6.45, 7) is 0.0500. The molecular weight excluding hydrogens is 180 g/mol. The zero-order valence-electron chi connectivity index (χ0n) is 6.17. The quantitative estimate of drug-likeness (QED) is 0.720. The van der Waals surface area contributed by atoms with Gasteiger partial charge >= 0.3 is 0 Å². The first-order valence-electron chi connectivity index (χ1n) is 3.21. The number of hydrogen-bond acceptors (Lipinski definition) is 2. The minimum atomic E-state index is 0.0500. The molecule has 0 spiro atoms. The summed E-state index contributed by atoms with van der Waals surface area (Å²) in [5.74, 6) is 0. The van der Waals surface area contributed by atoms with Crippen LogP contribution in [0.25, 0.3) is 0 Å². The molecular formula is C8H9ClOS. The minimum absolute atomic E-state index is 0.0500. The molecule has 0 saturated heterocycles. The highest BCUT2D eigenvalue weighted by molar-refractivity contribution is 7.98. The van der Waals surface area contributed by atoms with Crippen LogP contribution in [-0.2, 0) is 6.61 Å². The number of thioether (sulfide) groups is 1. The Kier molecular flexibility index (Phi) is 3.24. The molecule has 0 radical (unpaired) electrons. The molecule has 0 fully saturated rings. The first kappa shape index (κ1) is 8.91. The molecule has 0 amide bonds. The number of rotatable bonds is 2. The van der Waals surface area contributed by atoms with Crippen LogP contribution in [0.5, 0.6) is 0 Å². The van der Waals surface area contributed by atoms with E-state index in [2.05, 4.69) is 0 Å². The Morgan fingerprint density at radius 3 is 2.73 bits per heavy atom. The van der Waals surface area contributed by atoms with Crippen molar-refractivity contribution in [3.63, 3.8) is 0 Å². The van der Waals surface area contributed by atoms with E-state index in [1.165, 1.54) is 0 Å². The van der Waals surface area contributed by atoms with Gasteiger partial charge in [-0.2, -0.15) is 0 Å². The summed E-state index contributed by atoms with van der Waals surface area (Å²) in [4.78, 5) is 1.05. The molecule has 0 aliphatic heterocycles. The summed E-state index contributed by atoms with van der Waals surface area (Å²) in [5.41, 5.74) is 0.854. The third-order valence-electron chi connectivity index (χ3n) is 1.40. The maximum Gasteiger partial charge on any atom is 0.0682 e. The van der Waals surface area contributed by atoms with E-state index >= 15 is 0 Å². The van der Waals surface area contributed by atoms with Crippen LogP contribution in [-0.4, -0.2) is 11.4 Å². The summed E-state index contributed by atoms with van der Waals surface area (Å²) in [6.07, 6.45) is 1.97. The van der Waals surface area contributed by atoms with Crippen molar-refractivity contribution in [3.05, 3.63) is 28.8 Å². The molecule has 1 nitrogen and oxygen atoms in total. The molecule has 1 rings (SSSR count). The van der Waals surface area contributed by atoms with E-state index in [0.29, 0.717) is 5.02 Å². The van der Waals surface area contributed by atoms with Gasteiger partial charge < -0.3 is 5.11 Å². The van der Waals surface area contributed by atoms with Crippen LogP contribution in [0, 0.1) is 0 Å². The normalized spacial score (nSPS) is 10.1. The molecule has 1 aromatic rings. The van der Waals surface area contributed by atoms with Crippen molar-refractivity contribution in [2.45, 2.75) is 11.5 Å². The fraction of sp³-hybridized carbons (Fsp3) is 0.250. The third kappa shape index (κ3) is 2.12. The maximum atomic E-state index is 8.76. The number of aliphatic hydroxyl groups is 1. The Labute approximate surface area is 75.4 Å². The van der Waals surface area contributed by atoms with Gasteiger partial charge in [0.15, 0.2) is 0 Å². The highest BCUT2D eigenvalue weighted by atomic mass is 35.5. The Morgan fingerprint density at radius 1 is 1.55 bits per heavy atom. The average Bonchev–Trinajstić information content (AvgIpc) is 2.04. The number of hydrogen-bond donors (Lipinski definition) is 1. The summed E-state index contributed by atoms with van der Waals surface area (Å²) in [7, 11) is 0. The van der Waals surface area contributed by atoms with Gasteiger partial charge in [0.05, 0.1) is 11.6 Å². The fourth-order valence-corrected chi connectivity index (χ4v) is 1.70. The Morgan fingerprint density at radius 2 is 2.27 bits per heavy atom. The van der Waals surface area contributed by atoms with Gasteiger partial charge in [0.2, 0.25) is 0 Å². The Hall–Kier alpha value is -0.180.